The van der Waals surface area contributed by atoms with Crippen molar-refractivity contribution in [3.05, 3.63) is 89.6 Å². The number of esters is 1. The number of carbonyl (C=O) groups excluding carboxylic acids is 2. The number of carbonyl (C=O) groups is 2. The summed E-state index contributed by atoms with van der Waals surface area (Å²) in [6.45, 7) is 2.53. The van der Waals surface area contributed by atoms with Gasteiger partial charge in [0.25, 0.3) is 5.91 Å². The zero-order chi connectivity index (χ0) is 22.5. The monoisotopic (exact) mass is 427 g/mol. The molecule has 1 heterocycles. The molecule has 4 rings (SSSR count). The zero-order valence-electron chi connectivity index (χ0n) is 17.9. The van der Waals surface area contributed by atoms with Gasteiger partial charge in [0.05, 0.1) is 18.5 Å². The first-order chi connectivity index (χ1) is 15.6. The number of rotatable bonds is 7. The van der Waals surface area contributed by atoms with Gasteiger partial charge in [-0.3, -0.25) is 9.59 Å². The number of fused-ring (bicyclic) bond motifs is 1. The lowest BCUT2D eigenvalue weighted by molar-refractivity contribution is -0.142. The molecule has 0 radical (unpaired) electrons. The Bertz CT molecular complexity index is 1280. The van der Waals surface area contributed by atoms with Gasteiger partial charge in [0.15, 0.2) is 0 Å². The Morgan fingerprint density at radius 3 is 2.69 bits per heavy atom. The van der Waals surface area contributed by atoms with Gasteiger partial charge >= 0.3 is 5.97 Å². The van der Waals surface area contributed by atoms with Gasteiger partial charge < -0.3 is 20.8 Å². The van der Waals surface area contributed by atoms with E-state index in [0.29, 0.717) is 30.0 Å². The first kappa shape index (κ1) is 21.3. The van der Waals surface area contributed by atoms with Crippen LogP contribution in [0.1, 0.15) is 28.4 Å². The molecule has 162 valence electrons. The normalized spacial score (nSPS) is 10.8. The van der Waals surface area contributed by atoms with Crippen molar-refractivity contribution in [3.63, 3.8) is 0 Å². The summed E-state index contributed by atoms with van der Waals surface area (Å²) in [6, 6.07) is 20.9. The lowest BCUT2D eigenvalue weighted by atomic mass is 9.98. The van der Waals surface area contributed by atoms with Crippen LogP contribution in [0, 0.1) is 0 Å². The van der Waals surface area contributed by atoms with Crippen LogP contribution in [0.25, 0.3) is 22.0 Å². The smallest absolute Gasteiger partial charge is 0.310 e. The molecule has 0 aliphatic carbocycles. The third-order valence-electron chi connectivity index (χ3n) is 5.30. The van der Waals surface area contributed by atoms with Crippen molar-refractivity contribution in [3.8, 4) is 11.1 Å². The van der Waals surface area contributed by atoms with Crippen molar-refractivity contribution in [2.45, 2.75) is 19.9 Å². The SMILES string of the molecule is CCOC(=O)Cc1ccccc1NC(=O)c1cc(-c2cccc(CN)c2)c2[nH]ccc2c1. The standard InChI is InChI=1S/C26H25N3O3/c1-2-32-24(30)15-19-7-3-4-9-23(19)29-26(31)21-13-20-10-11-28-25(20)22(14-21)18-8-5-6-17(12-18)16-27/h3-14,28H,2,15-16,27H2,1H3,(H,29,31). The Morgan fingerprint density at radius 1 is 1.03 bits per heavy atom. The topological polar surface area (TPSA) is 97.2 Å². The molecule has 1 aromatic heterocycles. The second-order valence-corrected chi connectivity index (χ2v) is 7.46. The summed E-state index contributed by atoms with van der Waals surface area (Å²) in [5, 5.41) is 3.89. The van der Waals surface area contributed by atoms with E-state index in [1.165, 1.54) is 0 Å². The molecule has 3 aromatic carbocycles. The van der Waals surface area contributed by atoms with E-state index in [1.54, 1.807) is 13.0 Å². The number of ether oxygens (including phenoxy) is 1. The number of H-pyrrole nitrogens is 1. The van der Waals surface area contributed by atoms with E-state index in [1.807, 2.05) is 66.9 Å². The van der Waals surface area contributed by atoms with Crippen LogP contribution < -0.4 is 11.1 Å². The molecular formula is C26H25N3O3. The van der Waals surface area contributed by atoms with Crippen molar-refractivity contribution in [2.24, 2.45) is 5.73 Å². The molecule has 0 aliphatic rings. The average Bonchev–Trinajstić information content (AvgIpc) is 3.28. The molecule has 0 spiro atoms. The van der Waals surface area contributed by atoms with Gasteiger partial charge in [-0.25, -0.2) is 0 Å². The number of aromatic nitrogens is 1. The van der Waals surface area contributed by atoms with E-state index in [-0.39, 0.29) is 18.3 Å². The van der Waals surface area contributed by atoms with Crippen molar-refractivity contribution in [1.29, 1.82) is 0 Å². The van der Waals surface area contributed by atoms with Crippen molar-refractivity contribution in [1.82, 2.24) is 4.98 Å². The number of hydrogen-bond donors (Lipinski definition) is 3. The number of nitrogens with two attached hydrogens (primary N) is 1. The summed E-state index contributed by atoms with van der Waals surface area (Å²) < 4.78 is 5.05. The van der Waals surface area contributed by atoms with E-state index >= 15 is 0 Å². The van der Waals surface area contributed by atoms with Gasteiger partial charge in [0.2, 0.25) is 0 Å². The lowest BCUT2D eigenvalue weighted by Gasteiger charge is -2.13. The number of aromatic amines is 1. The first-order valence-corrected chi connectivity index (χ1v) is 10.5. The fraction of sp³-hybridized carbons (Fsp3) is 0.154. The average molecular weight is 428 g/mol. The highest BCUT2D eigenvalue weighted by molar-refractivity contribution is 6.09. The summed E-state index contributed by atoms with van der Waals surface area (Å²) in [5.74, 6) is -0.578. The second-order valence-electron chi connectivity index (χ2n) is 7.46. The Balaban J connectivity index is 1.68. The van der Waals surface area contributed by atoms with Crippen LogP contribution in [0.2, 0.25) is 0 Å². The van der Waals surface area contributed by atoms with E-state index < -0.39 is 0 Å². The highest BCUT2D eigenvalue weighted by Crippen LogP contribution is 2.30. The van der Waals surface area contributed by atoms with E-state index in [2.05, 4.69) is 10.3 Å². The molecular weight excluding hydrogens is 402 g/mol. The van der Waals surface area contributed by atoms with E-state index in [9.17, 15) is 9.59 Å². The van der Waals surface area contributed by atoms with Crippen LogP contribution in [0.3, 0.4) is 0 Å². The largest absolute Gasteiger partial charge is 0.466 e. The maximum Gasteiger partial charge on any atom is 0.310 e. The molecule has 0 fully saturated rings. The van der Waals surface area contributed by atoms with Gasteiger partial charge in [-0.2, -0.15) is 0 Å². The molecule has 0 atom stereocenters. The van der Waals surface area contributed by atoms with Gasteiger partial charge in [-0.05, 0) is 53.9 Å². The summed E-state index contributed by atoms with van der Waals surface area (Å²) >= 11 is 0. The van der Waals surface area contributed by atoms with Gasteiger partial charge in [0, 0.05) is 34.9 Å². The zero-order valence-corrected chi connectivity index (χ0v) is 17.9. The Hall–Kier alpha value is -3.90. The molecule has 6 nitrogen and oxygen atoms in total. The fourth-order valence-corrected chi connectivity index (χ4v) is 3.75. The minimum absolute atomic E-state index is 0.0955. The van der Waals surface area contributed by atoms with E-state index in [0.717, 1.165) is 27.6 Å². The molecule has 0 saturated heterocycles. The predicted molar refractivity (Wildman–Crippen MR) is 126 cm³/mol. The van der Waals surface area contributed by atoms with Gasteiger partial charge in [0.1, 0.15) is 0 Å². The molecule has 32 heavy (non-hydrogen) atoms. The minimum Gasteiger partial charge on any atom is -0.466 e. The molecule has 6 heteroatoms. The quantitative estimate of drug-likeness (QED) is 0.374. The van der Waals surface area contributed by atoms with Crippen LogP contribution in [0.5, 0.6) is 0 Å². The first-order valence-electron chi connectivity index (χ1n) is 10.5. The second kappa shape index (κ2) is 9.49. The van der Waals surface area contributed by atoms with Crippen LogP contribution in [0.4, 0.5) is 5.69 Å². The van der Waals surface area contributed by atoms with Crippen LogP contribution in [0.15, 0.2) is 72.9 Å². The highest BCUT2D eigenvalue weighted by Gasteiger charge is 2.15. The van der Waals surface area contributed by atoms with Crippen LogP contribution >= 0.6 is 0 Å². The molecule has 4 aromatic rings. The van der Waals surface area contributed by atoms with Crippen molar-refractivity contribution >= 4 is 28.5 Å². The molecule has 1 amide bonds. The Morgan fingerprint density at radius 2 is 1.88 bits per heavy atom. The number of nitrogens with one attached hydrogen (secondary N) is 2. The molecule has 0 bridgehead atoms. The maximum absolute atomic E-state index is 13.2. The van der Waals surface area contributed by atoms with Crippen LogP contribution in [-0.4, -0.2) is 23.5 Å². The number of anilines is 1. The number of para-hydroxylation sites is 1. The number of hydrogen-bond acceptors (Lipinski definition) is 4. The number of amides is 1. The summed E-state index contributed by atoms with van der Waals surface area (Å²) in [4.78, 5) is 28.4. The van der Waals surface area contributed by atoms with Crippen molar-refractivity contribution in [2.75, 3.05) is 11.9 Å². The maximum atomic E-state index is 13.2. The molecule has 0 aliphatic heterocycles. The summed E-state index contributed by atoms with van der Waals surface area (Å²) in [6.07, 6.45) is 1.95. The molecule has 0 saturated carbocycles. The van der Waals surface area contributed by atoms with Crippen molar-refractivity contribution < 1.29 is 14.3 Å². The van der Waals surface area contributed by atoms with Gasteiger partial charge in [-0.15, -0.1) is 0 Å². The van der Waals surface area contributed by atoms with Crippen LogP contribution in [-0.2, 0) is 22.5 Å². The third kappa shape index (κ3) is 4.55. The Kier molecular flexibility index (Phi) is 6.33. The Labute approximate surface area is 186 Å². The molecule has 0 unspecified atom stereocenters. The molecule has 4 N–H and O–H groups in total. The minimum atomic E-state index is -0.329. The summed E-state index contributed by atoms with van der Waals surface area (Å²) in [7, 11) is 0. The summed E-state index contributed by atoms with van der Waals surface area (Å²) in [5.41, 5.74) is 11.5. The number of benzene rings is 3. The predicted octanol–water partition coefficient (Wildman–Crippen LogP) is 4.65. The van der Waals surface area contributed by atoms with Gasteiger partial charge in [-0.1, -0.05) is 36.4 Å². The fourth-order valence-electron chi connectivity index (χ4n) is 3.75. The highest BCUT2D eigenvalue weighted by atomic mass is 16.5. The van der Waals surface area contributed by atoms with E-state index in [4.69, 9.17) is 10.5 Å². The lowest BCUT2D eigenvalue weighted by Crippen LogP contribution is -2.15. The third-order valence-corrected chi connectivity index (χ3v) is 5.30.